The fourth-order valence-corrected chi connectivity index (χ4v) is 0.839. The Kier molecular flexibility index (Phi) is 7.76. The molecule has 0 spiro atoms. The molecule has 12 heavy (non-hydrogen) atoms. The lowest BCUT2D eigenvalue weighted by molar-refractivity contribution is 0.406. The van der Waals surface area contributed by atoms with Crippen molar-refractivity contribution in [3.63, 3.8) is 0 Å². The van der Waals surface area contributed by atoms with E-state index in [1.165, 1.54) is 0 Å². The van der Waals surface area contributed by atoms with Crippen molar-refractivity contribution in [3.05, 3.63) is 12.7 Å². The molecule has 0 aliphatic heterocycles. The van der Waals surface area contributed by atoms with Crippen LogP contribution in [0.5, 0.6) is 0 Å². The van der Waals surface area contributed by atoms with Crippen LogP contribution in [0.4, 0.5) is 0 Å². The molecule has 0 unspecified atom stereocenters. The Morgan fingerprint density at radius 2 is 2.25 bits per heavy atom. The van der Waals surface area contributed by atoms with E-state index in [4.69, 9.17) is 0 Å². The van der Waals surface area contributed by atoms with Gasteiger partial charge in [0.2, 0.25) is 5.90 Å². The second kappa shape index (κ2) is 8.31. The molecule has 0 aromatic heterocycles. The smallest absolute Gasteiger partial charge is 0.241 e. The molecule has 0 saturated heterocycles. The summed E-state index contributed by atoms with van der Waals surface area (Å²) in [6.07, 6.45) is 6.33. The summed E-state index contributed by atoms with van der Waals surface area (Å²) in [6.45, 7) is 6.38. The number of hydrogen-bond acceptors (Lipinski definition) is 1. The molecule has 69 valence electrons. The summed E-state index contributed by atoms with van der Waals surface area (Å²) >= 11 is 0. The molecule has 1 radical (unpaired) electrons. The van der Waals surface area contributed by atoms with Crippen LogP contribution in [0.3, 0.4) is 0 Å². The predicted octanol–water partition coefficient (Wildman–Crippen LogP) is 2.97. The van der Waals surface area contributed by atoms with Crippen molar-refractivity contribution in [2.24, 2.45) is 4.99 Å². The van der Waals surface area contributed by atoms with Crippen LogP contribution in [-0.4, -0.2) is 12.4 Å². The van der Waals surface area contributed by atoms with Crippen LogP contribution in [0.25, 0.3) is 0 Å². The maximum atomic E-state index is 11.0. The van der Waals surface area contributed by atoms with Crippen molar-refractivity contribution < 1.29 is 5.11 Å². The minimum absolute atomic E-state index is 0.0466. The van der Waals surface area contributed by atoms with Crippen LogP contribution in [-0.2, 0) is 5.11 Å². The van der Waals surface area contributed by atoms with E-state index >= 15 is 0 Å². The molecular formula is C10H18NO. The van der Waals surface area contributed by atoms with Crippen molar-refractivity contribution in [1.29, 1.82) is 0 Å². The molecule has 0 atom stereocenters. The molecule has 2 heteroatoms. The van der Waals surface area contributed by atoms with Crippen LogP contribution >= 0.6 is 0 Å². The molecule has 0 rings (SSSR count). The summed E-state index contributed by atoms with van der Waals surface area (Å²) in [4.78, 5) is 3.91. The van der Waals surface area contributed by atoms with E-state index < -0.39 is 0 Å². The number of aliphatic imine (C=N–C) groups is 1. The van der Waals surface area contributed by atoms with Crippen LogP contribution in [0.2, 0.25) is 0 Å². The van der Waals surface area contributed by atoms with Crippen molar-refractivity contribution in [3.8, 4) is 0 Å². The standard InChI is InChI=1S/C10H18NO/c1-3-5-7-8-10(12)11-9-6-4-2/h3H,1,4-9H2,2H3. The van der Waals surface area contributed by atoms with Crippen molar-refractivity contribution in [1.82, 2.24) is 0 Å². The predicted molar refractivity (Wildman–Crippen MR) is 51.9 cm³/mol. The molecule has 2 nitrogen and oxygen atoms in total. The van der Waals surface area contributed by atoms with E-state index in [0.29, 0.717) is 13.0 Å². The fraction of sp³-hybridized carbons (Fsp3) is 0.700. The van der Waals surface area contributed by atoms with Gasteiger partial charge in [-0.3, -0.25) is 10.1 Å². The molecule has 0 aliphatic carbocycles. The summed E-state index contributed by atoms with van der Waals surface area (Å²) in [6, 6.07) is 0. The van der Waals surface area contributed by atoms with E-state index in [9.17, 15) is 5.11 Å². The SMILES string of the molecule is C=CCCCC([O])=NCCCC. The third-order valence-corrected chi connectivity index (χ3v) is 1.60. The van der Waals surface area contributed by atoms with Crippen molar-refractivity contribution in [2.75, 3.05) is 6.54 Å². The van der Waals surface area contributed by atoms with Gasteiger partial charge in [0, 0.05) is 13.0 Å². The molecule has 0 bridgehead atoms. The Labute approximate surface area is 75.0 Å². The normalized spacial score (nSPS) is 11.6. The Morgan fingerprint density at radius 3 is 2.83 bits per heavy atom. The van der Waals surface area contributed by atoms with E-state index in [2.05, 4.69) is 18.5 Å². The second-order valence-electron chi connectivity index (χ2n) is 2.81. The lowest BCUT2D eigenvalue weighted by Crippen LogP contribution is -1.95. The third-order valence-electron chi connectivity index (χ3n) is 1.60. The average molecular weight is 168 g/mol. The van der Waals surface area contributed by atoms with Gasteiger partial charge in [0.25, 0.3) is 0 Å². The summed E-state index contributed by atoms with van der Waals surface area (Å²) in [5.41, 5.74) is 0. The largest absolute Gasteiger partial charge is 0.273 e. The number of allylic oxidation sites excluding steroid dienone is 1. The number of hydrogen-bond donors (Lipinski definition) is 0. The van der Waals surface area contributed by atoms with E-state index in [1.807, 2.05) is 6.08 Å². The summed E-state index contributed by atoms with van der Waals surface area (Å²) in [7, 11) is 0. The Balaban J connectivity index is 3.35. The number of nitrogens with zero attached hydrogens (tertiary/aromatic N) is 1. The second-order valence-corrected chi connectivity index (χ2v) is 2.81. The topological polar surface area (TPSA) is 32.3 Å². The Hall–Kier alpha value is -0.790. The maximum absolute atomic E-state index is 11.0. The lowest BCUT2D eigenvalue weighted by atomic mass is 10.2. The van der Waals surface area contributed by atoms with E-state index in [1.54, 1.807) is 0 Å². The number of unbranched alkanes of at least 4 members (excludes halogenated alkanes) is 2. The molecule has 0 aliphatic rings. The molecular weight excluding hydrogens is 150 g/mol. The van der Waals surface area contributed by atoms with Gasteiger partial charge in [-0.05, 0) is 19.3 Å². The van der Waals surface area contributed by atoms with Crippen LogP contribution < -0.4 is 0 Å². The third kappa shape index (κ3) is 7.32. The first-order valence-corrected chi connectivity index (χ1v) is 4.62. The molecule has 0 saturated carbocycles. The van der Waals surface area contributed by atoms with E-state index in [-0.39, 0.29) is 5.90 Å². The molecule has 0 heterocycles. The molecule has 0 amide bonds. The fourth-order valence-electron chi connectivity index (χ4n) is 0.839. The lowest BCUT2D eigenvalue weighted by Gasteiger charge is -1.94. The summed E-state index contributed by atoms with van der Waals surface area (Å²) < 4.78 is 0. The van der Waals surface area contributed by atoms with Crippen LogP contribution in [0, 0.1) is 0 Å². The maximum Gasteiger partial charge on any atom is 0.241 e. The molecule has 0 aromatic rings. The Morgan fingerprint density at radius 1 is 1.50 bits per heavy atom. The highest BCUT2D eigenvalue weighted by molar-refractivity contribution is 5.73. The number of rotatable bonds is 7. The minimum atomic E-state index is 0.0466. The Bertz CT molecular complexity index is 141. The van der Waals surface area contributed by atoms with Crippen molar-refractivity contribution in [2.45, 2.75) is 39.0 Å². The first kappa shape index (κ1) is 11.2. The zero-order valence-electron chi connectivity index (χ0n) is 7.88. The van der Waals surface area contributed by atoms with Gasteiger partial charge in [0.1, 0.15) is 0 Å². The first-order valence-electron chi connectivity index (χ1n) is 4.62. The first-order chi connectivity index (χ1) is 5.81. The molecule has 0 fully saturated rings. The van der Waals surface area contributed by atoms with Crippen LogP contribution in [0.1, 0.15) is 39.0 Å². The highest BCUT2D eigenvalue weighted by Crippen LogP contribution is 1.98. The average Bonchev–Trinajstić information content (AvgIpc) is 2.06. The molecule has 0 N–H and O–H groups in total. The zero-order chi connectivity index (χ0) is 9.23. The summed E-state index contributed by atoms with van der Waals surface area (Å²) in [5, 5.41) is 11.0. The van der Waals surface area contributed by atoms with Crippen LogP contribution in [0.15, 0.2) is 17.6 Å². The minimum Gasteiger partial charge on any atom is -0.273 e. The van der Waals surface area contributed by atoms with Gasteiger partial charge in [-0.15, -0.1) is 6.58 Å². The van der Waals surface area contributed by atoms with Gasteiger partial charge in [-0.25, -0.2) is 0 Å². The highest BCUT2D eigenvalue weighted by atomic mass is 16.3. The highest BCUT2D eigenvalue weighted by Gasteiger charge is 1.95. The van der Waals surface area contributed by atoms with E-state index in [0.717, 1.165) is 25.7 Å². The monoisotopic (exact) mass is 168 g/mol. The van der Waals surface area contributed by atoms with Gasteiger partial charge < -0.3 is 0 Å². The van der Waals surface area contributed by atoms with Gasteiger partial charge in [0.05, 0.1) is 0 Å². The van der Waals surface area contributed by atoms with Crippen molar-refractivity contribution >= 4 is 5.90 Å². The van der Waals surface area contributed by atoms with Gasteiger partial charge in [0.15, 0.2) is 0 Å². The molecule has 0 aromatic carbocycles. The van der Waals surface area contributed by atoms with Gasteiger partial charge in [-0.1, -0.05) is 19.4 Å². The summed E-state index contributed by atoms with van der Waals surface area (Å²) in [5.74, 6) is 0.0466. The van der Waals surface area contributed by atoms with Gasteiger partial charge in [-0.2, -0.15) is 0 Å². The quantitative estimate of drug-likeness (QED) is 0.242. The van der Waals surface area contributed by atoms with Gasteiger partial charge >= 0.3 is 0 Å². The zero-order valence-corrected chi connectivity index (χ0v) is 7.88.